The Morgan fingerprint density at radius 1 is 1.38 bits per heavy atom. The smallest absolute Gasteiger partial charge is 0.220 e. The van der Waals surface area contributed by atoms with Crippen molar-refractivity contribution in [3.8, 4) is 0 Å². The molecule has 0 heterocycles. The largest absolute Gasteiger partial charge is 0.356 e. The van der Waals surface area contributed by atoms with E-state index in [0.717, 1.165) is 17.3 Å². The zero-order chi connectivity index (χ0) is 11.8. The average Bonchev–Trinajstić information content (AvgIpc) is 2.29. The molecule has 0 fully saturated rings. The van der Waals surface area contributed by atoms with Gasteiger partial charge in [0, 0.05) is 17.4 Å². The first-order chi connectivity index (χ1) is 7.74. The van der Waals surface area contributed by atoms with Crippen molar-refractivity contribution in [3.63, 3.8) is 0 Å². The summed E-state index contributed by atoms with van der Waals surface area (Å²) >= 11 is 3.48. The van der Waals surface area contributed by atoms with Gasteiger partial charge in [0.2, 0.25) is 5.91 Å². The van der Waals surface area contributed by atoms with Gasteiger partial charge in [0.05, 0.1) is 0 Å². The van der Waals surface area contributed by atoms with Gasteiger partial charge in [-0.05, 0) is 31.0 Å². The minimum absolute atomic E-state index is 0.0810. The van der Waals surface area contributed by atoms with Gasteiger partial charge in [-0.2, -0.15) is 0 Å². The first-order valence-corrected chi connectivity index (χ1v) is 6.23. The quantitative estimate of drug-likeness (QED) is 0.838. The number of hydrogen-bond donors (Lipinski definition) is 2. The SMILES string of the molecule is NCCCC(=O)NCCc1ccccc1Br. The maximum absolute atomic E-state index is 11.3. The molecule has 0 aliphatic carbocycles. The van der Waals surface area contributed by atoms with Crippen LogP contribution in [0, 0.1) is 0 Å². The molecule has 16 heavy (non-hydrogen) atoms. The molecular formula is C12H17BrN2O. The Morgan fingerprint density at radius 2 is 2.12 bits per heavy atom. The Hall–Kier alpha value is -0.870. The van der Waals surface area contributed by atoms with Gasteiger partial charge in [-0.25, -0.2) is 0 Å². The molecule has 1 amide bonds. The molecule has 0 saturated heterocycles. The van der Waals surface area contributed by atoms with Crippen LogP contribution in [-0.4, -0.2) is 19.0 Å². The van der Waals surface area contributed by atoms with Crippen LogP contribution in [0.2, 0.25) is 0 Å². The summed E-state index contributed by atoms with van der Waals surface area (Å²) in [5.41, 5.74) is 6.54. The monoisotopic (exact) mass is 284 g/mol. The molecule has 0 spiro atoms. The van der Waals surface area contributed by atoms with E-state index in [2.05, 4.69) is 27.3 Å². The summed E-state index contributed by atoms with van der Waals surface area (Å²) < 4.78 is 1.09. The zero-order valence-electron chi connectivity index (χ0n) is 9.21. The van der Waals surface area contributed by atoms with Crippen LogP contribution < -0.4 is 11.1 Å². The van der Waals surface area contributed by atoms with Crippen molar-refractivity contribution >= 4 is 21.8 Å². The highest BCUT2D eigenvalue weighted by Gasteiger charge is 2.01. The van der Waals surface area contributed by atoms with Crippen LogP contribution in [0.3, 0.4) is 0 Å². The van der Waals surface area contributed by atoms with Gasteiger partial charge in [-0.1, -0.05) is 34.1 Å². The Balaban J connectivity index is 2.25. The van der Waals surface area contributed by atoms with Crippen molar-refractivity contribution in [1.82, 2.24) is 5.32 Å². The normalized spacial score (nSPS) is 10.1. The zero-order valence-corrected chi connectivity index (χ0v) is 10.8. The Kier molecular flexibility index (Phi) is 6.11. The molecule has 0 aromatic heterocycles. The molecule has 0 unspecified atom stereocenters. The van der Waals surface area contributed by atoms with Crippen LogP contribution in [-0.2, 0) is 11.2 Å². The van der Waals surface area contributed by atoms with Gasteiger partial charge in [0.1, 0.15) is 0 Å². The molecule has 0 saturated carbocycles. The lowest BCUT2D eigenvalue weighted by atomic mass is 10.1. The van der Waals surface area contributed by atoms with Crippen LogP contribution in [0.5, 0.6) is 0 Å². The van der Waals surface area contributed by atoms with Gasteiger partial charge in [-0.3, -0.25) is 4.79 Å². The molecule has 0 bridgehead atoms. The van der Waals surface area contributed by atoms with E-state index in [-0.39, 0.29) is 5.91 Å². The number of nitrogens with one attached hydrogen (secondary N) is 1. The Labute approximate surface area is 105 Å². The first kappa shape index (κ1) is 13.2. The second kappa shape index (κ2) is 7.41. The number of benzene rings is 1. The number of amides is 1. The molecular weight excluding hydrogens is 268 g/mol. The fourth-order valence-corrected chi connectivity index (χ4v) is 1.87. The molecule has 3 nitrogen and oxygen atoms in total. The summed E-state index contributed by atoms with van der Waals surface area (Å²) in [6.45, 7) is 1.24. The highest BCUT2D eigenvalue weighted by molar-refractivity contribution is 9.10. The predicted molar refractivity (Wildman–Crippen MR) is 69.1 cm³/mol. The number of hydrogen-bond acceptors (Lipinski definition) is 2. The van der Waals surface area contributed by atoms with E-state index in [1.807, 2.05) is 18.2 Å². The average molecular weight is 285 g/mol. The van der Waals surface area contributed by atoms with Crippen molar-refractivity contribution in [1.29, 1.82) is 0 Å². The maximum Gasteiger partial charge on any atom is 0.220 e. The van der Waals surface area contributed by atoms with Crippen molar-refractivity contribution in [3.05, 3.63) is 34.3 Å². The summed E-state index contributed by atoms with van der Waals surface area (Å²) in [5, 5.41) is 2.88. The lowest BCUT2D eigenvalue weighted by molar-refractivity contribution is -0.121. The van der Waals surface area contributed by atoms with E-state index in [9.17, 15) is 4.79 Å². The molecule has 0 aliphatic heterocycles. The molecule has 1 aromatic rings. The van der Waals surface area contributed by atoms with Gasteiger partial charge >= 0.3 is 0 Å². The van der Waals surface area contributed by atoms with Crippen LogP contribution in [0.1, 0.15) is 18.4 Å². The standard InChI is InChI=1S/C12H17BrN2O/c13-11-5-2-1-4-10(11)7-9-15-12(16)6-3-8-14/h1-2,4-5H,3,6-9,14H2,(H,15,16). The van der Waals surface area contributed by atoms with Crippen molar-refractivity contribution in [2.75, 3.05) is 13.1 Å². The molecule has 3 N–H and O–H groups in total. The molecule has 0 aliphatic rings. The molecule has 1 aromatic carbocycles. The summed E-state index contributed by atoms with van der Waals surface area (Å²) in [4.78, 5) is 11.3. The number of carbonyl (C=O) groups is 1. The van der Waals surface area contributed by atoms with Crippen LogP contribution in [0.25, 0.3) is 0 Å². The Bertz CT molecular complexity index is 342. The lowest BCUT2D eigenvalue weighted by Gasteiger charge is -2.06. The van der Waals surface area contributed by atoms with Crippen molar-refractivity contribution in [2.24, 2.45) is 5.73 Å². The molecule has 1 rings (SSSR count). The number of nitrogens with two attached hydrogens (primary N) is 1. The third-order valence-electron chi connectivity index (χ3n) is 2.28. The van der Waals surface area contributed by atoms with Crippen LogP contribution >= 0.6 is 15.9 Å². The second-order valence-electron chi connectivity index (χ2n) is 3.58. The number of carbonyl (C=O) groups excluding carboxylic acids is 1. The molecule has 0 radical (unpaired) electrons. The molecule has 88 valence electrons. The molecule has 4 heteroatoms. The fourth-order valence-electron chi connectivity index (χ4n) is 1.39. The van der Waals surface area contributed by atoms with E-state index in [1.54, 1.807) is 0 Å². The second-order valence-corrected chi connectivity index (χ2v) is 4.44. The summed E-state index contributed by atoms with van der Waals surface area (Å²) in [5.74, 6) is 0.0810. The minimum Gasteiger partial charge on any atom is -0.356 e. The number of rotatable bonds is 6. The third kappa shape index (κ3) is 4.77. The first-order valence-electron chi connectivity index (χ1n) is 5.44. The number of halogens is 1. The maximum atomic E-state index is 11.3. The van der Waals surface area contributed by atoms with Gasteiger partial charge < -0.3 is 11.1 Å². The molecule has 0 atom stereocenters. The highest BCUT2D eigenvalue weighted by atomic mass is 79.9. The van der Waals surface area contributed by atoms with Crippen molar-refractivity contribution in [2.45, 2.75) is 19.3 Å². The van der Waals surface area contributed by atoms with E-state index >= 15 is 0 Å². The fraction of sp³-hybridized carbons (Fsp3) is 0.417. The van der Waals surface area contributed by atoms with E-state index < -0.39 is 0 Å². The highest BCUT2D eigenvalue weighted by Crippen LogP contribution is 2.15. The third-order valence-corrected chi connectivity index (χ3v) is 3.06. The summed E-state index contributed by atoms with van der Waals surface area (Å²) in [6.07, 6.45) is 2.11. The van der Waals surface area contributed by atoms with Gasteiger partial charge in [0.15, 0.2) is 0 Å². The summed E-state index contributed by atoms with van der Waals surface area (Å²) in [7, 11) is 0. The summed E-state index contributed by atoms with van der Waals surface area (Å²) in [6, 6.07) is 8.03. The predicted octanol–water partition coefficient (Wildman–Crippen LogP) is 1.85. The van der Waals surface area contributed by atoms with Crippen LogP contribution in [0.15, 0.2) is 28.7 Å². The Morgan fingerprint density at radius 3 is 2.81 bits per heavy atom. The van der Waals surface area contributed by atoms with Gasteiger partial charge in [-0.15, -0.1) is 0 Å². The lowest BCUT2D eigenvalue weighted by Crippen LogP contribution is -2.26. The van der Waals surface area contributed by atoms with Gasteiger partial charge in [0.25, 0.3) is 0 Å². The topological polar surface area (TPSA) is 55.1 Å². The van der Waals surface area contributed by atoms with E-state index in [1.165, 1.54) is 5.56 Å². The van der Waals surface area contributed by atoms with Crippen molar-refractivity contribution < 1.29 is 4.79 Å². The van der Waals surface area contributed by atoms with E-state index in [4.69, 9.17) is 5.73 Å². The van der Waals surface area contributed by atoms with E-state index in [0.29, 0.717) is 19.5 Å². The minimum atomic E-state index is 0.0810. The van der Waals surface area contributed by atoms with Crippen LogP contribution in [0.4, 0.5) is 0 Å².